The second kappa shape index (κ2) is 9.65. The van der Waals surface area contributed by atoms with Crippen molar-refractivity contribution >= 4 is 39.0 Å². The van der Waals surface area contributed by atoms with E-state index in [1.807, 2.05) is 23.2 Å². The number of halogens is 1. The summed E-state index contributed by atoms with van der Waals surface area (Å²) >= 11 is 1.62. The van der Waals surface area contributed by atoms with Gasteiger partial charge in [0.15, 0.2) is 5.13 Å². The van der Waals surface area contributed by atoms with Crippen LogP contribution in [0.25, 0.3) is 21.3 Å². The molecule has 0 atom stereocenters. The Kier molecular flexibility index (Phi) is 6.72. The number of carbonyl (C=O) groups is 1. The summed E-state index contributed by atoms with van der Waals surface area (Å²) in [6.45, 7) is 7.53. The standard InChI is InChI=1S/C22H27FN6OS/c1-3-29(4-2)22-26-13-19(31-22)18-9-15-10-20(25-12-16(15)11-24-18)27-21(30)14-28-7-5-17(23)6-8-28/h9-13,17H,3-8,14H2,1-2H3,(H,25,27,30). The van der Waals surface area contributed by atoms with Crippen LogP contribution < -0.4 is 10.2 Å². The maximum Gasteiger partial charge on any atom is 0.239 e. The first-order valence-corrected chi connectivity index (χ1v) is 11.5. The number of fused-ring (bicyclic) bond motifs is 1. The Morgan fingerprint density at radius 3 is 2.61 bits per heavy atom. The van der Waals surface area contributed by atoms with Crippen LogP contribution in [0.4, 0.5) is 15.3 Å². The van der Waals surface area contributed by atoms with Crippen molar-refractivity contribution in [2.24, 2.45) is 0 Å². The van der Waals surface area contributed by atoms with E-state index in [1.54, 1.807) is 23.7 Å². The van der Waals surface area contributed by atoms with Gasteiger partial charge < -0.3 is 10.2 Å². The van der Waals surface area contributed by atoms with Crippen LogP contribution in [0.3, 0.4) is 0 Å². The van der Waals surface area contributed by atoms with Crippen LogP contribution in [0.15, 0.2) is 30.7 Å². The molecule has 4 heterocycles. The molecule has 0 aliphatic carbocycles. The van der Waals surface area contributed by atoms with Gasteiger partial charge in [0, 0.05) is 50.2 Å². The summed E-state index contributed by atoms with van der Waals surface area (Å²) in [5.74, 6) is 0.368. The average Bonchev–Trinajstić information content (AvgIpc) is 3.26. The SMILES string of the molecule is CCN(CC)c1ncc(-c2cc3cc(NC(=O)CN4CCC(F)CC4)ncc3cn2)s1. The zero-order valence-corrected chi connectivity index (χ0v) is 18.7. The van der Waals surface area contributed by atoms with Gasteiger partial charge in [-0.1, -0.05) is 11.3 Å². The molecule has 3 aromatic heterocycles. The second-order valence-corrected chi connectivity index (χ2v) is 8.67. The van der Waals surface area contributed by atoms with Gasteiger partial charge in [-0.15, -0.1) is 0 Å². The predicted octanol–water partition coefficient (Wildman–Crippen LogP) is 3.97. The molecule has 164 valence electrons. The molecular weight excluding hydrogens is 415 g/mol. The number of nitrogens with one attached hydrogen (secondary N) is 1. The summed E-state index contributed by atoms with van der Waals surface area (Å²) in [5, 5.41) is 5.70. The Morgan fingerprint density at radius 2 is 1.87 bits per heavy atom. The topological polar surface area (TPSA) is 74.2 Å². The van der Waals surface area contributed by atoms with Crippen molar-refractivity contribution < 1.29 is 9.18 Å². The number of thiazole rings is 1. The molecule has 0 aromatic carbocycles. The summed E-state index contributed by atoms with van der Waals surface area (Å²) in [7, 11) is 0. The molecule has 1 fully saturated rings. The van der Waals surface area contributed by atoms with Gasteiger partial charge in [-0.3, -0.25) is 14.7 Å². The van der Waals surface area contributed by atoms with Crippen molar-refractivity contribution in [1.82, 2.24) is 19.9 Å². The van der Waals surface area contributed by atoms with Crippen molar-refractivity contribution in [3.8, 4) is 10.6 Å². The molecule has 1 amide bonds. The van der Waals surface area contributed by atoms with Gasteiger partial charge in [-0.05, 0) is 44.2 Å². The Hall–Kier alpha value is -2.65. The summed E-state index contributed by atoms with van der Waals surface area (Å²) in [6, 6.07) is 3.86. The van der Waals surface area contributed by atoms with Crippen molar-refractivity contribution in [2.75, 3.05) is 42.9 Å². The lowest BCUT2D eigenvalue weighted by atomic mass is 10.1. The van der Waals surface area contributed by atoms with E-state index in [9.17, 15) is 9.18 Å². The second-order valence-electron chi connectivity index (χ2n) is 7.66. The number of likely N-dealkylation sites (tertiary alicyclic amines) is 1. The lowest BCUT2D eigenvalue weighted by Gasteiger charge is -2.27. The number of amides is 1. The van der Waals surface area contributed by atoms with Crippen molar-refractivity contribution in [3.63, 3.8) is 0 Å². The van der Waals surface area contributed by atoms with Crippen molar-refractivity contribution in [3.05, 3.63) is 30.7 Å². The van der Waals surface area contributed by atoms with E-state index < -0.39 is 6.17 Å². The highest BCUT2D eigenvalue weighted by molar-refractivity contribution is 7.18. The minimum atomic E-state index is -0.745. The minimum Gasteiger partial charge on any atom is -0.349 e. The monoisotopic (exact) mass is 442 g/mol. The highest BCUT2D eigenvalue weighted by Gasteiger charge is 2.20. The smallest absolute Gasteiger partial charge is 0.239 e. The predicted molar refractivity (Wildman–Crippen MR) is 123 cm³/mol. The maximum absolute atomic E-state index is 13.3. The van der Waals surface area contributed by atoms with Gasteiger partial charge in [0.05, 0.1) is 17.1 Å². The summed E-state index contributed by atoms with van der Waals surface area (Å²) in [4.78, 5) is 31.0. The number of hydrogen-bond acceptors (Lipinski definition) is 7. The molecular formula is C22H27FN6OS. The summed E-state index contributed by atoms with van der Waals surface area (Å²) < 4.78 is 13.3. The lowest BCUT2D eigenvalue weighted by Crippen LogP contribution is -2.39. The Morgan fingerprint density at radius 1 is 1.13 bits per heavy atom. The maximum atomic E-state index is 13.3. The van der Waals surface area contributed by atoms with E-state index in [0.29, 0.717) is 31.7 Å². The summed E-state index contributed by atoms with van der Waals surface area (Å²) in [5.41, 5.74) is 0.848. The van der Waals surface area contributed by atoms with E-state index in [1.165, 1.54) is 0 Å². The van der Waals surface area contributed by atoms with Gasteiger partial charge in [0.25, 0.3) is 0 Å². The van der Waals surface area contributed by atoms with Gasteiger partial charge >= 0.3 is 0 Å². The molecule has 0 radical (unpaired) electrons. The highest BCUT2D eigenvalue weighted by atomic mass is 32.1. The van der Waals surface area contributed by atoms with E-state index >= 15 is 0 Å². The van der Waals surface area contributed by atoms with Crippen LogP contribution in [-0.2, 0) is 4.79 Å². The molecule has 0 spiro atoms. The Balaban J connectivity index is 1.48. The van der Waals surface area contributed by atoms with Crippen LogP contribution in [0.1, 0.15) is 26.7 Å². The molecule has 1 aliphatic heterocycles. The number of carbonyl (C=O) groups excluding carboxylic acids is 1. The number of rotatable bonds is 7. The third-order valence-corrected chi connectivity index (χ3v) is 6.62. The van der Waals surface area contributed by atoms with Crippen LogP contribution in [0, 0.1) is 0 Å². The zero-order valence-electron chi connectivity index (χ0n) is 17.8. The van der Waals surface area contributed by atoms with Gasteiger partial charge in [-0.2, -0.15) is 0 Å². The van der Waals surface area contributed by atoms with Crippen molar-refractivity contribution in [2.45, 2.75) is 32.9 Å². The van der Waals surface area contributed by atoms with Crippen LogP contribution in [0.5, 0.6) is 0 Å². The third kappa shape index (κ3) is 5.16. The Labute approximate surface area is 185 Å². The van der Waals surface area contributed by atoms with Gasteiger partial charge in [-0.25, -0.2) is 14.4 Å². The quantitative estimate of drug-likeness (QED) is 0.597. The first-order chi connectivity index (χ1) is 15.1. The minimum absolute atomic E-state index is 0.134. The largest absolute Gasteiger partial charge is 0.349 e. The third-order valence-electron chi connectivity index (χ3n) is 5.53. The number of pyridine rings is 2. The van der Waals surface area contributed by atoms with Crippen LogP contribution >= 0.6 is 11.3 Å². The fourth-order valence-corrected chi connectivity index (χ4v) is 4.72. The molecule has 1 aliphatic rings. The number of piperidine rings is 1. The Bertz CT molecular complexity index is 1050. The van der Waals surface area contributed by atoms with Gasteiger partial charge in [0.1, 0.15) is 12.0 Å². The lowest BCUT2D eigenvalue weighted by molar-refractivity contribution is -0.117. The first-order valence-electron chi connectivity index (χ1n) is 10.7. The molecule has 1 saturated heterocycles. The van der Waals surface area contributed by atoms with Crippen LogP contribution in [0.2, 0.25) is 0 Å². The molecule has 31 heavy (non-hydrogen) atoms. The summed E-state index contributed by atoms with van der Waals surface area (Å²) in [6.07, 6.45) is 5.60. The van der Waals surface area contributed by atoms with Crippen molar-refractivity contribution in [1.29, 1.82) is 0 Å². The molecule has 0 saturated carbocycles. The number of anilines is 2. The number of nitrogens with zero attached hydrogens (tertiary/aromatic N) is 5. The van der Waals surface area contributed by atoms with E-state index in [0.717, 1.165) is 39.6 Å². The molecule has 0 unspecified atom stereocenters. The van der Waals surface area contributed by atoms with Crippen LogP contribution in [-0.4, -0.2) is 64.7 Å². The number of alkyl halides is 1. The van der Waals surface area contributed by atoms with E-state index in [4.69, 9.17) is 0 Å². The molecule has 0 bridgehead atoms. The zero-order chi connectivity index (χ0) is 21.8. The fraction of sp³-hybridized carbons (Fsp3) is 0.455. The fourth-order valence-electron chi connectivity index (χ4n) is 3.71. The van der Waals surface area contributed by atoms with Gasteiger partial charge in [0.2, 0.25) is 5.91 Å². The number of aromatic nitrogens is 3. The average molecular weight is 443 g/mol. The molecule has 9 heteroatoms. The molecule has 7 nitrogen and oxygen atoms in total. The normalized spacial score (nSPS) is 15.3. The molecule has 4 rings (SSSR count). The van der Waals surface area contributed by atoms with E-state index in [2.05, 4.69) is 39.0 Å². The molecule has 1 N–H and O–H groups in total. The van der Waals surface area contributed by atoms with E-state index in [-0.39, 0.29) is 12.5 Å². The number of hydrogen-bond donors (Lipinski definition) is 1. The highest BCUT2D eigenvalue weighted by Crippen LogP contribution is 2.31. The first kappa shape index (κ1) is 21.6. The molecule has 3 aromatic rings.